The lowest BCUT2D eigenvalue weighted by Crippen LogP contribution is -2.50. The number of amides is 2. The second kappa shape index (κ2) is 12.6. The van der Waals surface area contributed by atoms with Crippen molar-refractivity contribution in [3.05, 3.63) is 86.3 Å². The fourth-order valence-corrected chi connectivity index (χ4v) is 7.35. The zero-order valence-electron chi connectivity index (χ0n) is 26.1. The van der Waals surface area contributed by atoms with Gasteiger partial charge in [-0.3, -0.25) is 14.4 Å². The first kappa shape index (κ1) is 32.8. The second-order valence-electron chi connectivity index (χ2n) is 12.5. The maximum absolute atomic E-state index is 14.4. The molecule has 1 fully saturated rings. The van der Waals surface area contributed by atoms with Crippen molar-refractivity contribution in [2.45, 2.75) is 56.7 Å². The smallest absolute Gasteiger partial charge is 0.416 e. The van der Waals surface area contributed by atoms with Gasteiger partial charge in [-0.25, -0.2) is 4.98 Å². The number of carbonyl (C=O) groups excluding carboxylic acids is 2. The van der Waals surface area contributed by atoms with E-state index >= 15 is 0 Å². The Morgan fingerprint density at radius 2 is 1.92 bits per heavy atom. The number of rotatable bonds is 5. The Morgan fingerprint density at radius 1 is 1.12 bits per heavy atom. The molecule has 0 bridgehead atoms. The first-order valence-corrected chi connectivity index (χ1v) is 16.2. The Labute approximate surface area is 282 Å². The van der Waals surface area contributed by atoms with Gasteiger partial charge in [0.15, 0.2) is 11.5 Å². The summed E-state index contributed by atoms with van der Waals surface area (Å²) in [6.07, 6.45) is 1.99. The number of nitrogens with one attached hydrogen (secondary N) is 1. The van der Waals surface area contributed by atoms with Crippen molar-refractivity contribution in [3.8, 4) is 5.75 Å². The number of likely N-dealkylation sites (tertiary alicyclic amines) is 1. The largest absolute Gasteiger partial charge is 0.505 e. The number of pyridine rings is 1. The number of ether oxygens (including phenoxy) is 1. The van der Waals surface area contributed by atoms with Crippen LogP contribution in [0.25, 0.3) is 11.4 Å². The third-order valence-corrected chi connectivity index (χ3v) is 9.88. The standard InChI is InChI=1S/C33H31ClF3N7O5/c34-21-17-20(33(35,36)37)5-6-22(21)39-25(46)18-43-23-3-1-9-32(10-13-42(14-11-32)30(48)27-24(45)4-2-12-38-27)26(23)29(47)44-31(43)40-28(41-44)19-7-15-49-16-8-19/h2,4-7,12,17,45H,1,3,8-11,13-16,18H2,(H,39,46). The molecule has 0 unspecified atom stereocenters. The summed E-state index contributed by atoms with van der Waals surface area (Å²) in [6, 6.07) is 5.62. The molecule has 4 aromatic rings. The predicted molar refractivity (Wildman–Crippen MR) is 171 cm³/mol. The van der Waals surface area contributed by atoms with Gasteiger partial charge in [0, 0.05) is 36.0 Å². The highest BCUT2D eigenvalue weighted by atomic mass is 35.5. The van der Waals surface area contributed by atoms with E-state index in [4.69, 9.17) is 21.3 Å². The van der Waals surface area contributed by atoms with Crippen molar-refractivity contribution in [3.63, 3.8) is 0 Å². The van der Waals surface area contributed by atoms with Crippen LogP contribution in [0.4, 0.5) is 18.9 Å². The number of carbonyl (C=O) groups is 2. The molecule has 2 aliphatic heterocycles. The van der Waals surface area contributed by atoms with E-state index in [1.165, 1.54) is 22.8 Å². The quantitative estimate of drug-likeness (QED) is 0.308. The number of aromatic nitrogens is 5. The molecule has 1 aliphatic carbocycles. The molecule has 0 saturated carbocycles. The van der Waals surface area contributed by atoms with Gasteiger partial charge in [-0.2, -0.15) is 22.7 Å². The summed E-state index contributed by atoms with van der Waals surface area (Å²) in [5.74, 6) is -0.693. The van der Waals surface area contributed by atoms with Crippen LogP contribution in [-0.4, -0.2) is 72.3 Å². The molecule has 1 spiro atoms. The first-order chi connectivity index (χ1) is 23.4. The van der Waals surface area contributed by atoms with Crippen LogP contribution in [0.2, 0.25) is 5.02 Å². The summed E-state index contributed by atoms with van der Waals surface area (Å²) in [6.45, 7) is 1.15. The van der Waals surface area contributed by atoms with Crippen molar-refractivity contribution in [1.29, 1.82) is 0 Å². The molecule has 0 radical (unpaired) electrons. The molecule has 2 N–H and O–H groups in total. The number of piperidine rings is 1. The molecular formula is C33H31ClF3N7O5. The number of hydrogen-bond donors (Lipinski definition) is 2. The van der Waals surface area contributed by atoms with Gasteiger partial charge in [0.1, 0.15) is 12.3 Å². The van der Waals surface area contributed by atoms with Gasteiger partial charge in [0.25, 0.3) is 11.5 Å². The number of nitrogens with zero attached hydrogens (tertiary/aromatic N) is 6. The SMILES string of the molecule is O=C(Cn1c2c(c(=O)n3nc(C4=CCOCC4)nc13)C1(CCC2)CCN(C(=O)c2ncccc2O)CC1)Nc1ccc(C(F)(F)F)cc1Cl. The lowest BCUT2D eigenvalue weighted by atomic mass is 9.66. The summed E-state index contributed by atoms with van der Waals surface area (Å²) in [7, 11) is 0. The topological polar surface area (TPSA) is 144 Å². The third-order valence-electron chi connectivity index (χ3n) is 9.57. The Kier molecular flexibility index (Phi) is 8.43. The van der Waals surface area contributed by atoms with E-state index in [0.29, 0.717) is 81.9 Å². The highest BCUT2D eigenvalue weighted by Crippen LogP contribution is 2.44. The Morgan fingerprint density at radius 3 is 2.61 bits per heavy atom. The van der Waals surface area contributed by atoms with Crippen molar-refractivity contribution in [2.75, 3.05) is 31.6 Å². The zero-order chi connectivity index (χ0) is 34.5. The minimum Gasteiger partial charge on any atom is -0.505 e. The Bertz CT molecular complexity index is 2070. The minimum absolute atomic E-state index is 0.00701. The van der Waals surface area contributed by atoms with Gasteiger partial charge in [-0.05, 0) is 74.4 Å². The molecule has 49 heavy (non-hydrogen) atoms. The first-order valence-electron chi connectivity index (χ1n) is 15.9. The fourth-order valence-electron chi connectivity index (χ4n) is 7.12. The van der Waals surface area contributed by atoms with Crippen molar-refractivity contribution < 1.29 is 32.6 Å². The normalized spacial score (nSPS) is 17.6. The number of halogens is 4. The molecule has 16 heteroatoms. The van der Waals surface area contributed by atoms with Crippen LogP contribution in [0.5, 0.6) is 5.75 Å². The summed E-state index contributed by atoms with van der Waals surface area (Å²) < 4.78 is 47.9. The van der Waals surface area contributed by atoms with Gasteiger partial charge in [0.05, 0.1) is 29.5 Å². The number of hydrogen-bond acceptors (Lipinski definition) is 8. The van der Waals surface area contributed by atoms with Crippen molar-refractivity contribution in [1.82, 2.24) is 29.0 Å². The third kappa shape index (κ3) is 6.05. The number of aromatic hydroxyl groups is 1. The molecule has 1 aromatic carbocycles. The summed E-state index contributed by atoms with van der Waals surface area (Å²) in [5.41, 5.74) is -0.00663. The van der Waals surface area contributed by atoms with Crippen LogP contribution < -0.4 is 10.9 Å². The summed E-state index contributed by atoms with van der Waals surface area (Å²) >= 11 is 6.13. The number of benzene rings is 1. The number of alkyl halides is 3. The molecule has 0 atom stereocenters. The maximum Gasteiger partial charge on any atom is 0.416 e. The second-order valence-corrected chi connectivity index (χ2v) is 12.9. The molecule has 2 amide bonds. The molecule has 1 saturated heterocycles. The molecule has 3 aromatic heterocycles. The lowest BCUT2D eigenvalue weighted by molar-refractivity contribution is -0.137. The van der Waals surface area contributed by atoms with E-state index in [2.05, 4.69) is 15.4 Å². The van der Waals surface area contributed by atoms with Gasteiger partial charge < -0.3 is 24.6 Å². The van der Waals surface area contributed by atoms with Gasteiger partial charge in [-0.1, -0.05) is 17.7 Å². The average Bonchev–Trinajstić information content (AvgIpc) is 3.54. The van der Waals surface area contributed by atoms with Gasteiger partial charge in [0.2, 0.25) is 11.7 Å². The molecule has 7 rings (SSSR count). The van der Waals surface area contributed by atoms with E-state index in [1.807, 2.05) is 6.08 Å². The van der Waals surface area contributed by atoms with Gasteiger partial charge in [-0.15, -0.1) is 5.10 Å². The van der Waals surface area contributed by atoms with Crippen molar-refractivity contribution in [2.24, 2.45) is 0 Å². The molecular weight excluding hydrogens is 667 g/mol. The van der Waals surface area contributed by atoms with E-state index in [0.717, 1.165) is 23.8 Å². The lowest BCUT2D eigenvalue weighted by Gasteiger charge is -2.45. The highest BCUT2D eigenvalue weighted by Gasteiger charge is 2.45. The molecule has 256 valence electrons. The van der Waals surface area contributed by atoms with Crippen LogP contribution in [-0.2, 0) is 34.1 Å². The predicted octanol–water partition coefficient (Wildman–Crippen LogP) is 4.62. The fraction of sp³-hybridized carbons (Fsp3) is 0.394. The van der Waals surface area contributed by atoms with E-state index < -0.39 is 29.0 Å². The van der Waals surface area contributed by atoms with Gasteiger partial charge >= 0.3 is 6.18 Å². The van der Waals surface area contributed by atoms with Crippen LogP contribution in [0.1, 0.15) is 65.2 Å². The van der Waals surface area contributed by atoms with E-state index in [-0.39, 0.29) is 40.0 Å². The number of fused-ring (bicyclic) bond motifs is 3. The van der Waals surface area contributed by atoms with Crippen LogP contribution in [0, 0.1) is 0 Å². The molecule has 5 heterocycles. The Balaban J connectivity index is 1.26. The van der Waals surface area contributed by atoms with Crippen molar-refractivity contribution >= 4 is 40.5 Å². The Hall–Kier alpha value is -4.76. The van der Waals surface area contributed by atoms with Crippen LogP contribution in [0.3, 0.4) is 0 Å². The van der Waals surface area contributed by atoms with E-state index in [9.17, 15) is 32.7 Å². The molecule has 12 nitrogen and oxygen atoms in total. The zero-order valence-corrected chi connectivity index (χ0v) is 26.9. The summed E-state index contributed by atoms with van der Waals surface area (Å²) in [5, 5.41) is 17.1. The van der Waals surface area contributed by atoms with E-state index in [1.54, 1.807) is 9.47 Å². The minimum atomic E-state index is -4.60. The average molecular weight is 698 g/mol. The maximum atomic E-state index is 14.4. The molecule has 3 aliphatic rings. The number of anilines is 1. The van der Waals surface area contributed by atoms with Crippen LogP contribution >= 0.6 is 11.6 Å². The summed E-state index contributed by atoms with van der Waals surface area (Å²) in [4.78, 5) is 51.5. The highest BCUT2D eigenvalue weighted by molar-refractivity contribution is 6.33. The monoisotopic (exact) mass is 697 g/mol. The van der Waals surface area contributed by atoms with Crippen LogP contribution in [0.15, 0.2) is 47.4 Å².